The summed E-state index contributed by atoms with van der Waals surface area (Å²) in [7, 11) is 0. The van der Waals surface area contributed by atoms with Crippen LogP contribution in [-0.4, -0.2) is 78.6 Å². The highest BCUT2D eigenvalue weighted by atomic mass is 16.6. The van der Waals surface area contributed by atoms with Crippen LogP contribution in [-0.2, 0) is 9.53 Å². The number of ether oxygens (including phenoxy) is 1. The minimum Gasteiger partial charge on any atom is -0.444 e. The Bertz CT molecular complexity index is 755. The topological polar surface area (TPSA) is 91.0 Å². The second kappa shape index (κ2) is 11.9. The largest absolute Gasteiger partial charge is 0.444 e. The van der Waals surface area contributed by atoms with Gasteiger partial charge in [0.1, 0.15) is 11.6 Å². The molecule has 1 saturated heterocycles. The summed E-state index contributed by atoms with van der Waals surface area (Å²) < 4.78 is 5.42. The van der Waals surface area contributed by atoms with Crippen LogP contribution in [0.2, 0.25) is 0 Å². The number of rotatable bonds is 8. The van der Waals surface area contributed by atoms with Crippen molar-refractivity contribution in [3.63, 3.8) is 0 Å². The molecule has 0 aliphatic carbocycles. The van der Waals surface area contributed by atoms with E-state index in [0.29, 0.717) is 31.7 Å². The number of nitrogens with one attached hydrogen (secondary N) is 2. The zero-order chi connectivity index (χ0) is 23.7. The maximum Gasteiger partial charge on any atom is 0.410 e. The predicted octanol–water partition coefficient (Wildman–Crippen LogP) is 2.50. The summed E-state index contributed by atoms with van der Waals surface area (Å²) in [5.41, 5.74) is 0.0390. The summed E-state index contributed by atoms with van der Waals surface area (Å²) in [6, 6.07) is 8.33. The number of benzene rings is 1. The Balaban J connectivity index is 1.79. The molecule has 32 heavy (non-hydrogen) atoms. The van der Waals surface area contributed by atoms with Crippen molar-refractivity contribution in [2.24, 2.45) is 5.92 Å². The highest BCUT2D eigenvalue weighted by Gasteiger charge is 2.28. The molecule has 1 aliphatic rings. The molecule has 178 valence electrons. The summed E-state index contributed by atoms with van der Waals surface area (Å²) in [6.07, 6.45) is 0.496. The standard InChI is InChI=1S/C24H38N4O4/c1-6-18(2)20(26-21(29)19-10-8-7-9-11-19)22(30)25-12-13-27-14-16-28(17-15-27)23(31)32-24(3,4)5/h7-11,18,20H,6,12-17H2,1-5H3,(H,25,30)(H,26,29). The molecule has 1 fully saturated rings. The number of hydrogen-bond acceptors (Lipinski definition) is 5. The molecule has 2 atom stereocenters. The molecule has 0 bridgehead atoms. The summed E-state index contributed by atoms with van der Waals surface area (Å²) in [4.78, 5) is 41.5. The molecular formula is C24H38N4O4. The smallest absolute Gasteiger partial charge is 0.410 e. The number of amides is 3. The molecule has 0 spiro atoms. The molecular weight excluding hydrogens is 408 g/mol. The molecule has 0 radical (unpaired) electrons. The molecule has 1 aromatic rings. The van der Waals surface area contributed by atoms with E-state index in [0.717, 1.165) is 19.5 Å². The summed E-state index contributed by atoms with van der Waals surface area (Å²) in [5, 5.41) is 5.85. The number of nitrogens with zero attached hydrogens (tertiary/aromatic N) is 2. The fourth-order valence-corrected chi connectivity index (χ4v) is 3.44. The lowest BCUT2D eigenvalue weighted by Gasteiger charge is -2.35. The first-order chi connectivity index (χ1) is 15.1. The molecule has 1 aliphatic heterocycles. The second-order valence-electron chi connectivity index (χ2n) is 9.30. The van der Waals surface area contributed by atoms with Crippen LogP contribution in [0.5, 0.6) is 0 Å². The molecule has 1 heterocycles. The van der Waals surface area contributed by atoms with Gasteiger partial charge in [-0.3, -0.25) is 14.5 Å². The van der Waals surface area contributed by atoms with Crippen molar-refractivity contribution in [3.05, 3.63) is 35.9 Å². The first-order valence-corrected chi connectivity index (χ1v) is 11.4. The summed E-state index contributed by atoms with van der Waals surface area (Å²) >= 11 is 0. The van der Waals surface area contributed by atoms with Crippen molar-refractivity contribution in [1.29, 1.82) is 0 Å². The normalized spacial score (nSPS) is 16.7. The van der Waals surface area contributed by atoms with Crippen molar-refractivity contribution in [2.75, 3.05) is 39.3 Å². The first-order valence-electron chi connectivity index (χ1n) is 11.4. The fourth-order valence-electron chi connectivity index (χ4n) is 3.44. The summed E-state index contributed by atoms with van der Waals surface area (Å²) in [5.74, 6) is -0.402. The van der Waals surface area contributed by atoms with Crippen LogP contribution in [0.3, 0.4) is 0 Å². The molecule has 8 heteroatoms. The Kier molecular flexibility index (Phi) is 9.50. The van der Waals surface area contributed by atoms with Crippen LogP contribution in [0.1, 0.15) is 51.4 Å². The number of carbonyl (C=O) groups is 3. The number of piperazine rings is 1. The first kappa shape index (κ1) is 25.6. The van der Waals surface area contributed by atoms with Gasteiger partial charge in [0.15, 0.2) is 0 Å². The molecule has 8 nitrogen and oxygen atoms in total. The molecule has 0 aromatic heterocycles. The Hall–Kier alpha value is -2.61. The van der Waals surface area contributed by atoms with Gasteiger partial charge in [0.25, 0.3) is 5.91 Å². The predicted molar refractivity (Wildman–Crippen MR) is 124 cm³/mol. The lowest BCUT2D eigenvalue weighted by Crippen LogP contribution is -2.53. The van der Waals surface area contributed by atoms with Gasteiger partial charge in [-0.15, -0.1) is 0 Å². The van der Waals surface area contributed by atoms with E-state index < -0.39 is 11.6 Å². The molecule has 3 amide bonds. The number of carbonyl (C=O) groups excluding carboxylic acids is 3. The zero-order valence-electron chi connectivity index (χ0n) is 20.0. The van der Waals surface area contributed by atoms with E-state index in [-0.39, 0.29) is 23.8 Å². The molecule has 0 saturated carbocycles. The fraction of sp³-hybridized carbons (Fsp3) is 0.625. The highest BCUT2D eigenvalue weighted by Crippen LogP contribution is 2.12. The number of hydrogen-bond donors (Lipinski definition) is 2. The van der Waals surface area contributed by atoms with Gasteiger partial charge in [0.05, 0.1) is 0 Å². The summed E-state index contributed by atoms with van der Waals surface area (Å²) in [6.45, 7) is 13.4. The van der Waals surface area contributed by atoms with E-state index in [1.54, 1.807) is 29.2 Å². The highest BCUT2D eigenvalue weighted by molar-refractivity contribution is 5.97. The van der Waals surface area contributed by atoms with Crippen LogP contribution in [0.4, 0.5) is 4.79 Å². The van der Waals surface area contributed by atoms with Crippen LogP contribution in [0, 0.1) is 5.92 Å². The van der Waals surface area contributed by atoms with Gasteiger partial charge in [-0.1, -0.05) is 38.5 Å². The van der Waals surface area contributed by atoms with Gasteiger partial charge < -0.3 is 20.3 Å². The second-order valence-corrected chi connectivity index (χ2v) is 9.30. The van der Waals surface area contributed by atoms with Crippen molar-refractivity contribution >= 4 is 17.9 Å². The van der Waals surface area contributed by atoms with Crippen molar-refractivity contribution in [3.8, 4) is 0 Å². The third-order valence-corrected chi connectivity index (χ3v) is 5.57. The quantitative estimate of drug-likeness (QED) is 0.640. The van der Waals surface area contributed by atoms with Crippen molar-refractivity contribution in [1.82, 2.24) is 20.4 Å². The van der Waals surface area contributed by atoms with E-state index >= 15 is 0 Å². The third kappa shape index (κ3) is 8.15. The van der Waals surface area contributed by atoms with Gasteiger partial charge in [0.2, 0.25) is 5.91 Å². The van der Waals surface area contributed by atoms with E-state index in [1.165, 1.54) is 0 Å². The van der Waals surface area contributed by atoms with Crippen LogP contribution < -0.4 is 10.6 Å². The van der Waals surface area contributed by atoms with E-state index in [1.807, 2.05) is 40.7 Å². The Morgan fingerprint density at radius 3 is 2.25 bits per heavy atom. The van der Waals surface area contributed by atoms with Gasteiger partial charge >= 0.3 is 6.09 Å². The third-order valence-electron chi connectivity index (χ3n) is 5.57. The lowest BCUT2D eigenvalue weighted by molar-refractivity contribution is -0.124. The van der Waals surface area contributed by atoms with E-state index in [9.17, 15) is 14.4 Å². The van der Waals surface area contributed by atoms with Gasteiger partial charge in [0, 0.05) is 44.8 Å². The van der Waals surface area contributed by atoms with Gasteiger partial charge in [-0.25, -0.2) is 4.79 Å². The van der Waals surface area contributed by atoms with Crippen LogP contribution >= 0.6 is 0 Å². The van der Waals surface area contributed by atoms with E-state index in [2.05, 4.69) is 15.5 Å². The lowest BCUT2D eigenvalue weighted by atomic mass is 9.98. The average Bonchev–Trinajstić information content (AvgIpc) is 2.76. The van der Waals surface area contributed by atoms with Gasteiger partial charge in [-0.05, 0) is 38.8 Å². The Morgan fingerprint density at radius 2 is 1.69 bits per heavy atom. The van der Waals surface area contributed by atoms with Crippen molar-refractivity contribution in [2.45, 2.75) is 52.7 Å². The monoisotopic (exact) mass is 446 g/mol. The maximum absolute atomic E-state index is 12.8. The Morgan fingerprint density at radius 1 is 1.06 bits per heavy atom. The maximum atomic E-state index is 12.8. The zero-order valence-corrected chi connectivity index (χ0v) is 20.0. The SMILES string of the molecule is CCC(C)C(NC(=O)c1ccccc1)C(=O)NCCN1CCN(C(=O)OC(C)(C)C)CC1. The molecule has 2 unspecified atom stereocenters. The molecule has 2 N–H and O–H groups in total. The minimum absolute atomic E-state index is 0.0139. The average molecular weight is 447 g/mol. The molecule has 2 rings (SSSR count). The Labute approximate surface area is 191 Å². The van der Waals surface area contributed by atoms with Crippen molar-refractivity contribution < 1.29 is 19.1 Å². The van der Waals surface area contributed by atoms with Crippen LogP contribution in [0.25, 0.3) is 0 Å². The molecule has 1 aromatic carbocycles. The minimum atomic E-state index is -0.586. The van der Waals surface area contributed by atoms with E-state index in [4.69, 9.17) is 4.74 Å². The van der Waals surface area contributed by atoms with Crippen LogP contribution in [0.15, 0.2) is 30.3 Å². The van der Waals surface area contributed by atoms with Gasteiger partial charge in [-0.2, -0.15) is 0 Å².